The van der Waals surface area contributed by atoms with Crippen LogP contribution in [-0.2, 0) is 17.0 Å². The molecule has 6 nitrogen and oxygen atoms in total. The number of aryl methyl sites for hydroxylation is 1. The number of hydrogen-bond donors (Lipinski definition) is 1. The van der Waals surface area contributed by atoms with E-state index in [2.05, 4.69) is 20.4 Å². The smallest absolute Gasteiger partial charge is 0.227 e. The Balaban J connectivity index is 1.25. The van der Waals surface area contributed by atoms with Crippen LogP contribution in [0.2, 0.25) is 0 Å². The SMILES string of the molecule is O=C(CCc1nc(CSc2nc(-c3ccccc3)cs2)no1)Nc1ccccc1. The normalized spacial score (nSPS) is 10.8. The molecular formula is C21H18N4O2S2. The summed E-state index contributed by atoms with van der Waals surface area (Å²) in [5.41, 5.74) is 2.85. The first-order chi connectivity index (χ1) is 14.3. The zero-order valence-corrected chi connectivity index (χ0v) is 17.1. The first kappa shape index (κ1) is 19.4. The lowest BCUT2D eigenvalue weighted by molar-refractivity contribution is -0.116. The molecule has 0 radical (unpaired) electrons. The van der Waals surface area contributed by atoms with E-state index in [1.807, 2.05) is 66.0 Å². The van der Waals surface area contributed by atoms with Gasteiger partial charge < -0.3 is 9.84 Å². The highest BCUT2D eigenvalue weighted by atomic mass is 32.2. The average Bonchev–Trinajstić information content (AvgIpc) is 3.42. The number of nitrogens with zero attached hydrogens (tertiary/aromatic N) is 3. The topological polar surface area (TPSA) is 80.9 Å². The summed E-state index contributed by atoms with van der Waals surface area (Å²) in [6, 6.07) is 19.4. The monoisotopic (exact) mass is 422 g/mol. The number of rotatable bonds is 8. The van der Waals surface area contributed by atoms with Gasteiger partial charge in [-0.2, -0.15) is 4.98 Å². The molecule has 4 rings (SSSR count). The maximum atomic E-state index is 12.0. The number of amides is 1. The highest BCUT2D eigenvalue weighted by molar-refractivity contribution is 8.00. The molecule has 1 N–H and O–H groups in total. The number of thiazole rings is 1. The zero-order valence-electron chi connectivity index (χ0n) is 15.4. The fourth-order valence-corrected chi connectivity index (χ4v) is 4.29. The summed E-state index contributed by atoms with van der Waals surface area (Å²) < 4.78 is 6.21. The van der Waals surface area contributed by atoms with Crippen LogP contribution in [0.15, 0.2) is 74.9 Å². The molecule has 0 atom stereocenters. The maximum Gasteiger partial charge on any atom is 0.227 e. The van der Waals surface area contributed by atoms with Gasteiger partial charge in [0.05, 0.1) is 11.4 Å². The Bertz CT molecular complexity index is 1060. The Hall–Kier alpha value is -2.97. The van der Waals surface area contributed by atoms with Crippen LogP contribution in [0.5, 0.6) is 0 Å². The second-order valence-corrected chi connectivity index (χ2v) is 8.25. The van der Waals surface area contributed by atoms with E-state index in [4.69, 9.17) is 4.52 Å². The predicted molar refractivity (Wildman–Crippen MR) is 115 cm³/mol. The van der Waals surface area contributed by atoms with Gasteiger partial charge in [0.15, 0.2) is 10.2 Å². The van der Waals surface area contributed by atoms with Crippen molar-refractivity contribution in [1.82, 2.24) is 15.1 Å². The highest BCUT2D eigenvalue weighted by Gasteiger charge is 2.11. The van der Waals surface area contributed by atoms with Crippen molar-refractivity contribution >= 4 is 34.7 Å². The molecule has 146 valence electrons. The van der Waals surface area contributed by atoms with Gasteiger partial charge in [0.25, 0.3) is 0 Å². The first-order valence-corrected chi connectivity index (χ1v) is 10.9. The molecule has 4 aromatic rings. The van der Waals surface area contributed by atoms with Gasteiger partial charge in [-0.3, -0.25) is 4.79 Å². The minimum Gasteiger partial charge on any atom is -0.339 e. The van der Waals surface area contributed by atoms with Crippen molar-refractivity contribution in [3.05, 3.63) is 77.8 Å². The molecule has 0 aliphatic carbocycles. The number of benzene rings is 2. The lowest BCUT2D eigenvalue weighted by Gasteiger charge is -2.02. The Labute approximate surface area is 176 Å². The van der Waals surface area contributed by atoms with Gasteiger partial charge in [0, 0.05) is 29.5 Å². The molecule has 0 bridgehead atoms. The molecule has 0 saturated heterocycles. The van der Waals surface area contributed by atoms with Crippen molar-refractivity contribution in [2.75, 3.05) is 5.32 Å². The van der Waals surface area contributed by atoms with Gasteiger partial charge in [-0.05, 0) is 12.1 Å². The molecule has 0 aliphatic heterocycles. The van der Waals surface area contributed by atoms with Crippen LogP contribution in [0, 0.1) is 0 Å². The fourth-order valence-electron chi connectivity index (χ4n) is 2.61. The van der Waals surface area contributed by atoms with Crippen LogP contribution < -0.4 is 5.32 Å². The largest absolute Gasteiger partial charge is 0.339 e. The third-order valence-corrected chi connectivity index (χ3v) is 6.03. The zero-order chi connectivity index (χ0) is 19.9. The molecule has 29 heavy (non-hydrogen) atoms. The molecular weight excluding hydrogens is 404 g/mol. The number of hydrogen-bond acceptors (Lipinski definition) is 7. The van der Waals surface area contributed by atoms with E-state index in [1.165, 1.54) is 0 Å². The third-order valence-electron chi connectivity index (χ3n) is 4.01. The van der Waals surface area contributed by atoms with Crippen molar-refractivity contribution in [3.63, 3.8) is 0 Å². The fraction of sp³-hybridized carbons (Fsp3) is 0.143. The van der Waals surface area contributed by atoms with Crippen molar-refractivity contribution in [1.29, 1.82) is 0 Å². The van der Waals surface area contributed by atoms with Crippen LogP contribution in [0.4, 0.5) is 5.69 Å². The van der Waals surface area contributed by atoms with E-state index in [0.717, 1.165) is 21.3 Å². The van der Waals surface area contributed by atoms with Gasteiger partial charge >= 0.3 is 0 Å². The lowest BCUT2D eigenvalue weighted by atomic mass is 10.2. The van der Waals surface area contributed by atoms with Gasteiger partial charge in [0.1, 0.15) is 0 Å². The van der Waals surface area contributed by atoms with Crippen LogP contribution in [0.1, 0.15) is 18.1 Å². The second kappa shape index (κ2) is 9.49. The summed E-state index contributed by atoms with van der Waals surface area (Å²) >= 11 is 3.17. The first-order valence-electron chi connectivity index (χ1n) is 9.06. The minimum absolute atomic E-state index is 0.0819. The molecule has 0 aliphatic rings. The minimum atomic E-state index is -0.0819. The summed E-state index contributed by atoms with van der Waals surface area (Å²) in [4.78, 5) is 21.0. The van der Waals surface area contributed by atoms with Crippen molar-refractivity contribution in [3.8, 4) is 11.3 Å². The number of para-hydroxylation sites is 1. The summed E-state index contributed by atoms with van der Waals surface area (Å²) in [6.45, 7) is 0. The molecule has 2 aromatic carbocycles. The van der Waals surface area contributed by atoms with E-state index in [1.54, 1.807) is 23.1 Å². The molecule has 8 heteroatoms. The lowest BCUT2D eigenvalue weighted by Crippen LogP contribution is -2.12. The van der Waals surface area contributed by atoms with Crippen LogP contribution in [0.25, 0.3) is 11.3 Å². The summed E-state index contributed by atoms with van der Waals surface area (Å²) in [7, 11) is 0. The number of carbonyl (C=O) groups excluding carboxylic acids is 1. The van der Waals surface area contributed by atoms with E-state index < -0.39 is 0 Å². The Kier molecular flexibility index (Phi) is 6.33. The highest BCUT2D eigenvalue weighted by Crippen LogP contribution is 2.29. The van der Waals surface area contributed by atoms with Crippen LogP contribution in [-0.4, -0.2) is 21.0 Å². The third kappa shape index (κ3) is 5.52. The molecule has 2 heterocycles. The van der Waals surface area contributed by atoms with Gasteiger partial charge in [0.2, 0.25) is 11.8 Å². The standard InChI is InChI=1S/C21H18N4O2S2/c26-19(22-16-9-5-2-6-10-16)11-12-20-24-18(25-27-20)14-29-21-23-17(13-28-21)15-7-3-1-4-8-15/h1-10,13H,11-12,14H2,(H,22,26). The van der Waals surface area contributed by atoms with Crippen molar-refractivity contribution < 1.29 is 9.32 Å². The van der Waals surface area contributed by atoms with E-state index in [-0.39, 0.29) is 12.3 Å². The van der Waals surface area contributed by atoms with Crippen LogP contribution >= 0.6 is 23.1 Å². The number of carbonyl (C=O) groups is 1. The predicted octanol–water partition coefficient (Wildman–Crippen LogP) is 5.06. The quantitative estimate of drug-likeness (QED) is 0.400. The Morgan fingerprint density at radius 2 is 1.79 bits per heavy atom. The number of aromatic nitrogens is 3. The van der Waals surface area contributed by atoms with Gasteiger partial charge in [-0.25, -0.2) is 4.98 Å². The van der Waals surface area contributed by atoms with E-state index >= 15 is 0 Å². The van der Waals surface area contributed by atoms with E-state index in [9.17, 15) is 4.79 Å². The average molecular weight is 423 g/mol. The molecule has 0 fully saturated rings. The second-order valence-electron chi connectivity index (χ2n) is 6.17. The number of anilines is 1. The van der Waals surface area contributed by atoms with Crippen LogP contribution in [0.3, 0.4) is 0 Å². The molecule has 1 amide bonds. The number of thioether (sulfide) groups is 1. The summed E-state index contributed by atoms with van der Waals surface area (Å²) in [6.07, 6.45) is 0.697. The van der Waals surface area contributed by atoms with Gasteiger partial charge in [-0.15, -0.1) is 11.3 Å². The Morgan fingerprint density at radius 3 is 2.59 bits per heavy atom. The molecule has 0 spiro atoms. The maximum absolute atomic E-state index is 12.0. The molecule has 2 aromatic heterocycles. The summed E-state index contributed by atoms with van der Waals surface area (Å²) in [5, 5.41) is 8.88. The summed E-state index contributed by atoms with van der Waals surface area (Å²) in [5.74, 6) is 1.56. The van der Waals surface area contributed by atoms with E-state index in [0.29, 0.717) is 23.9 Å². The van der Waals surface area contributed by atoms with Crippen molar-refractivity contribution in [2.45, 2.75) is 22.9 Å². The number of nitrogens with one attached hydrogen (secondary N) is 1. The Morgan fingerprint density at radius 1 is 1.03 bits per heavy atom. The van der Waals surface area contributed by atoms with Crippen molar-refractivity contribution in [2.24, 2.45) is 0 Å². The molecule has 0 unspecified atom stereocenters. The molecule has 0 saturated carbocycles. The van der Waals surface area contributed by atoms with Gasteiger partial charge in [-0.1, -0.05) is 65.4 Å².